The number of amides is 1. The van der Waals surface area contributed by atoms with Crippen LogP contribution in [0.3, 0.4) is 0 Å². The van der Waals surface area contributed by atoms with Gasteiger partial charge in [-0.3, -0.25) is 10.1 Å². The van der Waals surface area contributed by atoms with Gasteiger partial charge in [0.05, 0.1) is 10.0 Å². The molecule has 0 fully saturated rings. The highest BCUT2D eigenvalue weighted by molar-refractivity contribution is 7.80. The molecule has 0 atom stereocenters. The maximum Gasteiger partial charge on any atom is 0.263 e. The van der Waals surface area contributed by atoms with Gasteiger partial charge in [-0.25, -0.2) is 8.78 Å². The molecule has 0 bridgehead atoms. The summed E-state index contributed by atoms with van der Waals surface area (Å²) in [7, 11) is 0. The van der Waals surface area contributed by atoms with Crippen molar-refractivity contribution in [2.24, 2.45) is 0 Å². The van der Waals surface area contributed by atoms with Crippen molar-refractivity contribution >= 4 is 52.1 Å². The molecule has 4 rings (SSSR count). The van der Waals surface area contributed by atoms with Crippen molar-refractivity contribution in [2.45, 2.75) is 25.9 Å². The Labute approximate surface area is 210 Å². The Balaban J connectivity index is 1.49. The van der Waals surface area contributed by atoms with E-state index in [1.165, 1.54) is 12.1 Å². The Morgan fingerprint density at radius 1 is 1.09 bits per heavy atom. The second kappa shape index (κ2) is 9.37. The monoisotopic (exact) mass is 522 g/mol. The number of fused-ring (bicyclic) bond motifs is 1. The van der Waals surface area contributed by atoms with Gasteiger partial charge in [-0.05, 0) is 56.4 Å². The molecule has 1 aliphatic rings. The maximum atomic E-state index is 13.8. The first-order chi connectivity index (χ1) is 16.0. The minimum absolute atomic E-state index is 0.166. The summed E-state index contributed by atoms with van der Waals surface area (Å²) in [6, 6.07) is 11.7. The van der Waals surface area contributed by atoms with Gasteiger partial charge in [0.2, 0.25) is 0 Å². The van der Waals surface area contributed by atoms with Crippen molar-refractivity contribution < 1.29 is 23.0 Å². The van der Waals surface area contributed by atoms with Gasteiger partial charge in [0.25, 0.3) is 5.91 Å². The normalized spacial score (nSPS) is 13.6. The number of anilines is 1. The van der Waals surface area contributed by atoms with Crippen molar-refractivity contribution in [3.63, 3.8) is 0 Å². The summed E-state index contributed by atoms with van der Waals surface area (Å²) in [6.07, 6.45) is 0.740. The quantitative estimate of drug-likeness (QED) is 0.364. The first-order valence-electron chi connectivity index (χ1n) is 10.1. The average molecular weight is 523 g/mol. The van der Waals surface area contributed by atoms with E-state index in [4.69, 9.17) is 44.9 Å². The van der Waals surface area contributed by atoms with Crippen LogP contribution >= 0.6 is 35.4 Å². The molecule has 1 aliphatic heterocycles. The standard InChI is InChI=1S/C24H18Cl2F2N2O3S/c1-24(2)11-12-5-3-8-18(20(12)33-24)32-21-14(25)9-13(10-15(21)26)29-23(34)30-22(31)19-16(27)6-4-7-17(19)28/h3-10H,11H2,1-2H3,(H2,29,30,31,34). The third kappa shape index (κ3) is 5.09. The van der Waals surface area contributed by atoms with Crippen LogP contribution in [0.2, 0.25) is 10.0 Å². The van der Waals surface area contributed by atoms with E-state index in [1.807, 2.05) is 26.0 Å². The lowest BCUT2D eigenvalue weighted by Crippen LogP contribution is -2.35. The molecule has 176 valence electrons. The van der Waals surface area contributed by atoms with Crippen molar-refractivity contribution in [1.82, 2.24) is 5.32 Å². The van der Waals surface area contributed by atoms with Crippen molar-refractivity contribution in [1.29, 1.82) is 0 Å². The molecular formula is C24H18Cl2F2N2O3S. The molecule has 0 saturated heterocycles. The van der Waals surface area contributed by atoms with E-state index < -0.39 is 23.1 Å². The summed E-state index contributed by atoms with van der Waals surface area (Å²) in [5, 5.41) is 5.06. The average Bonchev–Trinajstić information content (AvgIpc) is 3.05. The fourth-order valence-corrected chi connectivity index (χ4v) is 4.32. The summed E-state index contributed by atoms with van der Waals surface area (Å²) in [6.45, 7) is 3.97. The molecular weight excluding hydrogens is 505 g/mol. The fraction of sp³-hybridized carbons (Fsp3) is 0.167. The van der Waals surface area contributed by atoms with Gasteiger partial charge in [-0.15, -0.1) is 0 Å². The van der Waals surface area contributed by atoms with Gasteiger partial charge < -0.3 is 14.8 Å². The van der Waals surface area contributed by atoms with Crippen LogP contribution in [0.5, 0.6) is 17.2 Å². The third-order valence-corrected chi connectivity index (χ3v) is 5.71. The SMILES string of the molecule is CC1(C)Cc2cccc(Oc3c(Cl)cc(NC(=S)NC(=O)c4c(F)cccc4F)cc3Cl)c2O1. The molecule has 10 heteroatoms. The molecule has 3 aromatic rings. The molecule has 1 amide bonds. The molecule has 2 N–H and O–H groups in total. The van der Waals surface area contributed by atoms with E-state index in [0.717, 1.165) is 30.2 Å². The Hall–Kier alpha value is -2.94. The highest BCUT2D eigenvalue weighted by Crippen LogP contribution is 2.46. The van der Waals surface area contributed by atoms with Crippen LogP contribution in [0.15, 0.2) is 48.5 Å². The van der Waals surface area contributed by atoms with Crippen LogP contribution < -0.4 is 20.1 Å². The lowest BCUT2D eigenvalue weighted by atomic mass is 10.0. The van der Waals surface area contributed by atoms with Gasteiger partial charge in [0.1, 0.15) is 22.8 Å². The minimum atomic E-state index is -1.04. The third-order valence-electron chi connectivity index (χ3n) is 4.94. The van der Waals surface area contributed by atoms with E-state index >= 15 is 0 Å². The first-order valence-corrected chi connectivity index (χ1v) is 11.2. The van der Waals surface area contributed by atoms with Gasteiger partial charge in [-0.2, -0.15) is 0 Å². The summed E-state index contributed by atoms with van der Waals surface area (Å²) in [5.74, 6) is -1.74. The second-order valence-electron chi connectivity index (χ2n) is 8.16. The van der Waals surface area contributed by atoms with E-state index in [9.17, 15) is 13.6 Å². The first kappa shape index (κ1) is 24.2. The summed E-state index contributed by atoms with van der Waals surface area (Å²) in [4.78, 5) is 12.2. The van der Waals surface area contributed by atoms with Gasteiger partial charge in [0.15, 0.2) is 22.4 Å². The summed E-state index contributed by atoms with van der Waals surface area (Å²) < 4.78 is 39.6. The fourth-order valence-electron chi connectivity index (χ4n) is 3.55. The van der Waals surface area contributed by atoms with Gasteiger partial charge in [-0.1, -0.05) is 41.4 Å². The number of para-hydroxylation sites is 1. The Kier molecular flexibility index (Phi) is 6.66. The van der Waals surface area contributed by atoms with Crippen molar-refractivity contribution in [3.8, 4) is 17.2 Å². The molecule has 3 aromatic carbocycles. The number of hydrogen-bond donors (Lipinski definition) is 2. The van der Waals surface area contributed by atoms with Crippen LogP contribution in [0.25, 0.3) is 0 Å². The molecule has 0 radical (unpaired) electrons. The Bertz CT molecular complexity index is 1270. The molecule has 1 heterocycles. The van der Waals surface area contributed by atoms with E-state index in [-0.39, 0.29) is 26.5 Å². The molecule has 34 heavy (non-hydrogen) atoms. The molecule has 0 spiro atoms. The van der Waals surface area contributed by atoms with Gasteiger partial charge in [0, 0.05) is 17.7 Å². The van der Waals surface area contributed by atoms with E-state index in [0.29, 0.717) is 17.2 Å². The van der Waals surface area contributed by atoms with E-state index in [1.54, 1.807) is 6.07 Å². The predicted molar refractivity (Wildman–Crippen MR) is 131 cm³/mol. The smallest absolute Gasteiger partial charge is 0.263 e. The number of carbonyl (C=O) groups excluding carboxylic acids is 1. The number of rotatable bonds is 4. The number of nitrogens with one attached hydrogen (secondary N) is 2. The van der Waals surface area contributed by atoms with Crippen LogP contribution in [-0.4, -0.2) is 16.6 Å². The maximum absolute atomic E-state index is 13.8. The van der Waals surface area contributed by atoms with Crippen LogP contribution in [0.4, 0.5) is 14.5 Å². The number of hydrogen-bond acceptors (Lipinski definition) is 4. The topological polar surface area (TPSA) is 59.6 Å². The van der Waals surface area contributed by atoms with Crippen LogP contribution in [0, 0.1) is 11.6 Å². The zero-order valence-electron chi connectivity index (χ0n) is 18.0. The van der Waals surface area contributed by atoms with Crippen molar-refractivity contribution in [2.75, 3.05) is 5.32 Å². The van der Waals surface area contributed by atoms with Crippen molar-refractivity contribution in [3.05, 3.63) is 81.3 Å². The van der Waals surface area contributed by atoms with E-state index in [2.05, 4.69) is 10.6 Å². The van der Waals surface area contributed by atoms with Crippen LogP contribution in [-0.2, 0) is 6.42 Å². The van der Waals surface area contributed by atoms with Gasteiger partial charge >= 0.3 is 0 Å². The number of ether oxygens (including phenoxy) is 2. The molecule has 0 unspecified atom stereocenters. The lowest BCUT2D eigenvalue weighted by Gasteiger charge is -2.19. The zero-order valence-corrected chi connectivity index (χ0v) is 20.3. The van der Waals surface area contributed by atoms with Crippen LogP contribution in [0.1, 0.15) is 29.8 Å². The second-order valence-corrected chi connectivity index (χ2v) is 9.38. The summed E-state index contributed by atoms with van der Waals surface area (Å²) in [5.41, 5.74) is 0.250. The predicted octanol–water partition coefficient (Wildman–Crippen LogP) is 6.90. The highest BCUT2D eigenvalue weighted by atomic mass is 35.5. The minimum Gasteiger partial charge on any atom is -0.483 e. The molecule has 0 aromatic heterocycles. The number of halogens is 4. The largest absolute Gasteiger partial charge is 0.483 e. The Morgan fingerprint density at radius 3 is 2.35 bits per heavy atom. The summed E-state index contributed by atoms with van der Waals surface area (Å²) >= 11 is 17.9. The zero-order chi connectivity index (χ0) is 24.6. The number of thiocarbonyl (C=S) groups is 1. The number of benzene rings is 3. The molecule has 0 aliphatic carbocycles. The number of carbonyl (C=O) groups is 1. The molecule has 0 saturated carbocycles. The highest BCUT2D eigenvalue weighted by Gasteiger charge is 2.32. The lowest BCUT2D eigenvalue weighted by molar-refractivity contribution is 0.0969. The Morgan fingerprint density at radius 2 is 1.71 bits per heavy atom. The molecule has 5 nitrogen and oxygen atoms in total.